The van der Waals surface area contributed by atoms with Crippen molar-refractivity contribution in [1.82, 2.24) is 20.0 Å². The number of fused-ring (bicyclic) bond motifs is 1. The van der Waals surface area contributed by atoms with Crippen molar-refractivity contribution in [2.24, 2.45) is 0 Å². The summed E-state index contributed by atoms with van der Waals surface area (Å²) in [5.41, 5.74) is 2.90. The maximum Gasteiger partial charge on any atom is 0.263 e. The van der Waals surface area contributed by atoms with E-state index >= 15 is 0 Å². The van der Waals surface area contributed by atoms with Gasteiger partial charge in [-0.15, -0.1) is 0 Å². The number of anilines is 1. The summed E-state index contributed by atoms with van der Waals surface area (Å²) >= 11 is 6.35. The van der Waals surface area contributed by atoms with Crippen molar-refractivity contribution in [2.75, 3.05) is 24.7 Å². The molecule has 6 nitrogen and oxygen atoms in total. The topological polar surface area (TPSA) is 58.3 Å². The normalized spacial score (nSPS) is 15.1. The SMILES string of the molecule is Fc1ccc(-c2noc3ncnc(N4CCCN(Cc5ccccc5Cl)C4)c23)cc1. The van der Waals surface area contributed by atoms with Gasteiger partial charge in [-0.25, -0.2) is 9.37 Å². The van der Waals surface area contributed by atoms with Crippen LogP contribution in [0.3, 0.4) is 0 Å². The Bertz CT molecular complexity index is 1180. The highest BCUT2D eigenvalue weighted by Crippen LogP contribution is 2.34. The molecular weight excluding hydrogens is 405 g/mol. The van der Waals surface area contributed by atoms with Crippen LogP contribution in [0.1, 0.15) is 12.0 Å². The van der Waals surface area contributed by atoms with Crippen LogP contribution in [-0.2, 0) is 6.54 Å². The first-order chi connectivity index (χ1) is 14.7. The summed E-state index contributed by atoms with van der Waals surface area (Å²) in [7, 11) is 0. The van der Waals surface area contributed by atoms with Crippen molar-refractivity contribution in [3.63, 3.8) is 0 Å². The molecule has 0 bridgehead atoms. The first kappa shape index (κ1) is 19.0. The van der Waals surface area contributed by atoms with E-state index in [1.165, 1.54) is 18.5 Å². The molecule has 1 aliphatic heterocycles. The van der Waals surface area contributed by atoms with Gasteiger partial charge in [0.25, 0.3) is 5.71 Å². The van der Waals surface area contributed by atoms with E-state index < -0.39 is 0 Å². The Hall–Kier alpha value is -3.03. The molecule has 0 unspecified atom stereocenters. The molecule has 0 amide bonds. The van der Waals surface area contributed by atoms with Crippen molar-refractivity contribution < 1.29 is 8.91 Å². The zero-order chi connectivity index (χ0) is 20.5. The van der Waals surface area contributed by atoms with Gasteiger partial charge in [0.15, 0.2) is 0 Å². The molecule has 0 aliphatic carbocycles. The molecule has 0 N–H and O–H groups in total. The molecule has 5 rings (SSSR count). The Morgan fingerprint density at radius 1 is 1.03 bits per heavy atom. The third-order valence-corrected chi connectivity index (χ3v) is 5.66. The zero-order valence-electron chi connectivity index (χ0n) is 16.1. The Kier molecular flexibility index (Phi) is 5.06. The molecular formula is C22H19ClFN5O. The van der Waals surface area contributed by atoms with E-state index in [-0.39, 0.29) is 5.82 Å². The highest BCUT2D eigenvalue weighted by Gasteiger charge is 2.25. The van der Waals surface area contributed by atoms with Gasteiger partial charge in [0, 0.05) is 30.2 Å². The fourth-order valence-electron chi connectivity index (χ4n) is 3.85. The van der Waals surface area contributed by atoms with E-state index in [1.54, 1.807) is 12.1 Å². The number of halogens is 2. The molecule has 0 saturated carbocycles. The lowest BCUT2D eigenvalue weighted by molar-refractivity contribution is 0.232. The molecule has 1 aliphatic rings. The standard InChI is InChI=1S/C22H19ClFN5O/c23-18-5-2-1-4-16(18)12-28-10-3-11-29(14-28)21-19-20(15-6-8-17(24)9-7-15)27-30-22(19)26-13-25-21/h1-2,4-9,13H,3,10-12,14H2. The van der Waals surface area contributed by atoms with Gasteiger partial charge in [-0.2, -0.15) is 4.98 Å². The van der Waals surface area contributed by atoms with Crippen molar-refractivity contribution in [3.05, 3.63) is 71.3 Å². The maximum absolute atomic E-state index is 13.4. The van der Waals surface area contributed by atoms with Gasteiger partial charge in [-0.1, -0.05) is 35.0 Å². The average molecular weight is 424 g/mol. The molecule has 0 spiro atoms. The van der Waals surface area contributed by atoms with Crippen molar-refractivity contribution in [3.8, 4) is 11.3 Å². The van der Waals surface area contributed by atoms with Crippen molar-refractivity contribution >= 4 is 28.5 Å². The minimum Gasteiger partial charge on any atom is -0.343 e. The Morgan fingerprint density at radius 3 is 2.70 bits per heavy atom. The average Bonchev–Trinajstić information content (AvgIpc) is 3.20. The van der Waals surface area contributed by atoms with Crippen LogP contribution in [0, 0.1) is 5.82 Å². The summed E-state index contributed by atoms with van der Waals surface area (Å²) in [5.74, 6) is 0.471. The molecule has 2 aromatic heterocycles. The quantitative estimate of drug-likeness (QED) is 0.472. The van der Waals surface area contributed by atoms with Crippen LogP contribution >= 0.6 is 11.6 Å². The van der Waals surface area contributed by atoms with Gasteiger partial charge in [-0.05, 0) is 42.3 Å². The van der Waals surface area contributed by atoms with Crippen LogP contribution < -0.4 is 4.90 Å². The van der Waals surface area contributed by atoms with E-state index in [0.717, 1.165) is 53.4 Å². The maximum atomic E-state index is 13.4. The molecule has 2 aromatic carbocycles. The molecule has 0 atom stereocenters. The second-order valence-corrected chi connectivity index (χ2v) is 7.73. The van der Waals surface area contributed by atoms with E-state index in [4.69, 9.17) is 16.1 Å². The highest BCUT2D eigenvalue weighted by molar-refractivity contribution is 6.31. The van der Waals surface area contributed by atoms with E-state index in [0.29, 0.717) is 18.1 Å². The molecule has 152 valence electrons. The van der Waals surface area contributed by atoms with Crippen molar-refractivity contribution in [1.29, 1.82) is 0 Å². The smallest absolute Gasteiger partial charge is 0.263 e. The first-order valence-corrected chi connectivity index (χ1v) is 10.1. The van der Waals surface area contributed by atoms with Crippen LogP contribution in [0.2, 0.25) is 5.02 Å². The predicted octanol–water partition coefficient (Wildman–Crippen LogP) is 4.75. The summed E-state index contributed by atoms with van der Waals surface area (Å²) in [6.45, 7) is 3.30. The molecule has 1 saturated heterocycles. The van der Waals surface area contributed by atoms with Crippen molar-refractivity contribution in [2.45, 2.75) is 13.0 Å². The van der Waals surface area contributed by atoms with Crippen LogP contribution in [0.5, 0.6) is 0 Å². The summed E-state index contributed by atoms with van der Waals surface area (Å²) in [4.78, 5) is 13.3. The minimum absolute atomic E-state index is 0.297. The summed E-state index contributed by atoms with van der Waals surface area (Å²) in [6, 6.07) is 14.1. The van der Waals surface area contributed by atoms with E-state index in [2.05, 4.69) is 31.0 Å². The number of aromatic nitrogens is 3. The van der Waals surface area contributed by atoms with Gasteiger partial charge in [0.05, 0.1) is 6.67 Å². The number of benzene rings is 2. The number of hydrogen-bond acceptors (Lipinski definition) is 6. The number of hydrogen-bond donors (Lipinski definition) is 0. The molecule has 1 fully saturated rings. The molecule has 0 radical (unpaired) electrons. The highest BCUT2D eigenvalue weighted by atomic mass is 35.5. The summed E-state index contributed by atoms with van der Waals surface area (Å²) in [6.07, 6.45) is 2.48. The second kappa shape index (κ2) is 8.01. The molecule has 4 aromatic rings. The van der Waals surface area contributed by atoms with Gasteiger partial charge in [0.1, 0.15) is 29.0 Å². The monoisotopic (exact) mass is 423 g/mol. The molecule has 3 heterocycles. The fourth-order valence-corrected chi connectivity index (χ4v) is 4.05. The zero-order valence-corrected chi connectivity index (χ0v) is 16.9. The lowest BCUT2D eigenvalue weighted by atomic mass is 10.1. The van der Waals surface area contributed by atoms with E-state index in [1.807, 2.05) is 18.2 Å². The minimum atomic E-state index is -0.297. The van der Waals surface area contributed by atoms with Crippen LogP contribution in [-0.4, -0.2) is 39.8 Å². The Balaban J connectivity index is 1.47. The third-order valence-electron chi connectivity index (χ3n) is 5.29. The Labute approximate surface area is 177 Å². The van der Waals surface area contributed by atoms with Crippen LogP contribution in [0.25, 0.3) is 22.4 Å². The van der Waals surface area contributed by atoms with E-state index in [9.17, 15) is 4.39 Å². The lowest BCUT2D eigenvalue weighted by Crippen LogP contribution is -2.44. The largest absolute Gasteiger partial charge is 0.343 e. The van der Waals surface area contributed by atoms with Gasteiger partial charge < -0.3 is 9.42 Å². The lowest BCUT2D eigenvalue weighted by Gasteiger charge is -2.36. The fraction of sp³-hybridized carbons (Fsp3) is 0.227. The summed E-state index contributed by atoms with van der Waals surface area (Å²) < 4.78 is 18.8. The van der Waals surface area contributed by atoms with Crippen LogP contribution in [0.15, 0.2) is 59.4 Å². The third kappa shape index (κ3) is 3.62. The summed E-state index contributed by atoms with van der Waals surface area (Å²) in [5, 5.41) is 5.71. The Morgan fingerprint density at radius 2 is 1.87 bits per heavy atom. The molecule has 8 heteroatoms. The first-order valence-electron chi connectivity index (χ1n) is 9.76. The second-order valence-electron chi connectivity index (χ2n) is 7.32. The predicted molar refractivity (Wildman–Crippen MR) is 114 cm³/mol. The van der Waals surface area contributed by atoms with Gasteiger partial charge in [-0.3, -0.25) is 4.90 Å². The van der Waals surface area contributed by atoms with Gasteiger partial charge >= 0.3 is 0 Å². The van der Waals surface area contributed by atoms with Gasteiger partial charge in [0.2, 0.25) is 0 Å². The number of rotatable bonds is 4. The number of nitrogens with zero attached hydrogens (tertiary/aromatic N) is 5. The van der Waals surface area contributed by atoms with Crippen LogP contribution in [0.4, 0.5) is 10.2 Å². The molecule has 30 heavy (non-hydrogen) atoms.